The van der Waals surface area contributed by atoms with E-state index in [4.69, 9.17) is 10.5 Å². The predicted molar refractivity (Wildman–Crippen MR) is 54.1 cm³/mol. The summed E-state index contributed by atoms with van der Waals surface area (Å²) in [5, 5.41) is 13.0. The van der Waals surface area contributed by atoms with E-state index in [9.17, 15) is 5.11 Å². The lowest BCUT2D eigenvalue weighted by Crippen LogP contribution is -2.34. The molecule has 0 radical (unpaired) electrons. The van der Waals surface area contributed by atoms with Gasteiger partial charge in [0.05, 0.1) is 24.9 Å². The lowest BCUT2D eigenvalue weighted by molar-refractivity contribution is 0.0761. The first-order valence-electron chi connectivity index (χ1n) is 4.67. The van der Waals surface area contributed by atoms with Gasteiger partial charge in [0.1, 0.15) is 5.75 Å². The van der Waals surface area contributed by atoms with E-state index in [1.54, 1.807) is 6.07 Å². The predicted octanol–water partition coefficient (Wildman–Crippen LogP) is 0.635. The van der Waals surface area contributed by atoms with Gasteiger partial charge < -0.3 is 20.9 Å². The van der Waals surface area contributed by atoms with Crippen LogP contribution in [0.4, 0.5) is 5.69 Å². The van der Waals surface area contributed by atoms with E-state index in [-0.39, 0.29) is 11.8 Å². The third-order valence-corrected chi connectivity index (χ3v) is 2.40. The normalized spacial score (nSPS) is 22.1. The maximum Gasteiger partial charge on any atom is 0.143 e. The Labute approximate surface area is 82.7 Å². The zero-order valence-electron chi connectivity index (χ0n) is 7.86. The molecule has 14 heavy (non-hydrogen) atoms. The molecule has 1 aliphatic heterocycles. The molecule has 1 heterocycles. The van der Waals surface area contributed by atoms with Crippen molar-refractivity contribution in [2.75, 3.05) is 25.5 Å². The second-order valence-electron chi connectivity index (χ2n) is 3.37. The van der Waals surface area contributed by atoms with E-state index in [0.717, 1.165) is 18.7 Å². The molecule has 4 nitrogen and oxygen atoms in total. The fourth-order valence-electron chi connectivity index (χ4n) is 1.63. The smallest absolute Gasteiger partial charge is 0.143 e. The number of ether oxygens (including phenoxy) is 1. The molecule has 1 fully saturated rings. The Balaban J connectivity index is 2.26. The average molecular weight is 194 g/mol. The van der Waals surface area contributed by atoms with Crippen molar-refractivity contribution in [3.8, 4) is 5.75 Å². The van der Waals surface area contributed by atoms with Crippen molar-refractivity contribution in [1.82, 2.24) is 5.32 Å². The summed E-state index contributed by atoms with van der Waals surface area (Å²) in [6, 6.07) is 5.42. The van der Waals surface area contributed by atoms with Crippen LogP contribution in [-0.4, -0.2) is 24.9 Å². The van der Waals surface area contributed by atoms with Crippen molar-refractivity contribution in [3.63, 3.8) is 0 Å². The Kier molecular flexibility index (Phi) is 2.56. The van der Waals surface area contributed by atoms with Gasteiger partial charge in [0.15, 0.2) is 0 Å². The number of rotatable bonds is 1. The van der Waals surface area contributed by atoms with Gasteiger partial charge in [-0.3, -0.25) is 0 Å². The largest absolute Gasteiger partial charge is 0.505 e. The van der Waals surface area contributed by atoms with E-state index >= 15 is 0 Å². The molecule has 1 aromatic rings. The second-order valence-corrected chi connectivity index (χ2v) is 3.37. The summed E-state index contributed by atoms with van der Waals surface area (Å²) in [4.78, 5) is 0. The Morgan fingerprint density at radius 1 is 1.50 bits per heavy atom. The molecule has 0 aliphatic carbocycles. The van der Waals surface area contributed by atoms with Gasteiger partial charge in [-0.05, 0) is 6.07 Å². The summed E-state index contributed by atoms with van der Waals surface area (Å²) in [5.41, 5.74) is 6.83. The average Bonchev–Trinajstić information content (AvgIpc) is 2.23. The molecule has 4 heteroatoms. The minimum absolute atomic E-state index is 0.0484. The third-order valence-electron chi connectivity index (χ3n) is 2.40. The van der Waals surface area contributed by atoms with Crippen LogP contribution in [0.5, 0.6) is 5.75 Å². The highest BCUT2D eigenvalue weighted by atomic mass is 16.5. The number of nitrogens with two attached hydrogens (primary N) is 1. The first kappa shape index (κ1) is 9.30. The minimum Gasteiger partial charge on any atom is -0.505 e. The number of phenols is 1. The molecule has 0 bridgehead atoms. The Bertz CT molecular complexity index is 322. The van der Waals surface area contributed by atoms with Crippen molar-refractivity contribution < 1.29 is 9.84 Å². The van der Waals surface area contributed by atoms with Crippen LogP contribution in [0.1, 0.15) is 11.6 Å². The standard InChI is InChI=1S/C10H14N2O2/c11-8-3-1-2-7(10(8)13)9-6-14-5-4-12-9/h1-3,9,12-13H,4-6,11H2/t9-/m0/s1. The Morgan fingerprint density at radius 2 is 2.36 bits per heavy atom. The first-order chi connectivity index (χ1) is 6.79. The van der Waals surface area contributed by atoms with Crippen LogP contribution in [0.15, 0.2) is 18.2 Å². The Hall–Kier alpha value is -1.26. The maximum absolute atomic E-state index is 9.73. The number of hydrogen-bond donors (Lipinski definition) is 3. The topological polar surface area (TPSA) is 67.5 Å². The summed E-state index contributed by atoms with van der Waals surface area (Å²) in [7, 11) is 0. The molecule has 0 spiro atoms. The molecule has 0 amide bonds. The number of benzene rings is 1. The number of aromatic hydroxyl groups is 1. The summed E-state index contributed by atoms with van der Waals surface area (Å²) < 4.78 is 5.32. The highest BCUT2D eigenvalue weighted by Crippen LogP contribution is 2.30. The summed E-state index contributed by atoms with van der Waals surface area (Å²) in [6.07, 6.45) is 0. The van der Waals surface area contributed by atoms with Gasteiger partial charge in [0.25, 0.3) is 0 Å². The van der Waals surface area contributed by atoms with Gasteiger partial charge in [-0.1, -0.05) is 12.1 Å². The summed E-state index contributed by atoms with van der Waals surface area (Å²) in [5.74, 6) is 0.163. The number of nitrogen functional groups attached to an aromatic ring is 1. The van der Waals surface area contributed by atoms with E-state index in [0.29, 0.717) is 12.3 Å². The van der Waals surface area contributed by atoms with Gasteiger partial charge in [-0.2, -0.15) is 0 Å². The van der Waals surface area contributed by atoms with Crippen molar-refractivity contribution in [2.45, 2.75) is 6.04 Å². The molecular formula is C10H14N2O2. The van der Waals surface area contributed by atoms with Crippen molar-refractivity contribution in [3.05, 3.63) is 23.8 Å². The van der Waals surface area contributed by atoms with Crippen LogP contribution in [0, 0.1) is 0 Å². The van der Waals surface area contributed by atoms with Crippen LogP contribution >= 0.6 is 0 Å². The monoisotopic (exact) mass is 194 g/mol. The quantitative estimate of drug-likeness (QED) is 0.453. The van der Waals surface area contributed by atoms with Crippen molar-refractivity contribution >= 4 is 5.69 Å². The zero-order chi connectivity index (χ0) is 9.97. The number of anilines is 1. The highest BCUT2D eigenvalue weighted by Gasteiger charge is 2.18. The number of nitrogens with one attached hydrogen (secondary N) is 1. The lowest BCUT2D eigenvalue weighted by Gasteiger charge is -2.25. The summed E-state index contributed by atoms with van der Waals surface area (Å²) in [6.45, 7) is 2.11. The van der Waals surface area contributed by atoms with Gasteiger partial charge in [-0.15, -0.1) is 0 Å². The molecule has 2 rings (SSSR count). The first-order valence-corrected chi connectivity index (χ1v) is 4.67. The highest BCUT2D eigenvalue weighted by molar-refractivity contribution is 5.56. The number of morpholine rings is 1. The Morgan fingerprint density at radius 3 is 3.07 bits per heavy atom. The van der Waals surface area contributed by atoms with Crippen LogP contribution in [0.25, 0.3) is 0 Å². The molecule has 1 aromatic carbocycles. The number of phenolic OH excluding ortho intramolecular Hbond substituents is 1. The van der Waals surface area contributed by atoms with Crippen molar-refractivity contribution in [2.24, 2.45) is 0 Å². The molecule has 0 unspecified atom stereocenters. The number of hydrogen-bond acceptors (Lipinski definition) is 4. The molecule has 1 atom stereocenters. The molecule has 4 N–H and O–H groups in total. The fourth-order valence-corrected chi connectivity index (χ4v) is 1.63. The van der Waals surface area contributed by atoms with Crippen LogP contribution in [-0.2, 0) is 4.74 Å². The minimum atomic E-state index is 0.0484. The fraction of sp³-hybridized carbons (Fsp3) is 0.400. The molecular weight excluding hydrogens is 180 g/mol. The van der Waals surface area contributed by atoms with Gasteiger partial charge in [0.2, 0.25) is 0 Å². The molecule has 0 saturated carbocycles. The molecule has 0 aromatic heterocycles. The number of para-hydroxylation sites is 1. The van der Waals surface area contributed by atoms with Gasteiger partial charge in [-0.25, -0.2) is 0 Å². The zero-order valence-corrected chi connectivity index (χ0v) is 7.86. The van der Waals surface area contributed by atoms with Crippen LogP contribution in [0.2, 0.25) is 0 Å². The van der Waals surface area contributed by atoms with Crippen LogP contribution in [0.3, 0.4) is 0 Å². The van der Waals surface area contributed by atoms with E-state index in [1.165, 1.54) is 0 Å². The van der Waals surface area contributed by atoms with Crippen molar-refractivity contribution in [1.29, 1.82) is 0 Å². The van der Waals surface area contributed by atoms with Crippen LogP contribution < -0.4 is 11.1 Å². The van der Waals surface area contributed by atoms with Gasteiger partial charge >= 0.3 is 0 Å². The van der Waals surface area contributed by atoms with E-state index in [2.05, 4.69) is 5.32 Å². The lowest BCUT2D eigenvalue weighted by atomic mass is 10.0. The second kappa shape index (κ2) is 3.86. The molecule has 76 valence electrons. The van der Waals surface area contributed by atoms with E-state index in [1.807, 2.05) is 12.1 Å². The SMILES string of the molecule is Nc1cccc([C@@H]2COCCN2)c1O. The van der Waals surface area contributed by atoms with Gasteiger partial charge in [0, 0.05) is 12.1 Å². The molecule has 1 saturated heterocycles. The molecule has 1 aliphatic rings. The maximum atomic E-state index is 9.73. The summed E-state index contributed by atoms with van der Waals surface area (Å²) >= 11 is 0. The van der Waals surface area contributed by atoms with E-state index < -0.39 is 0 Å². The third kappa shape index (κ3) is 1.66.